The zero-order chi connectivity index (χ0) is 26.9. The fraction of sp³-hybridized carbons (Fsp3) is 0.393. The average Bonchev–Trinajstić information content (AvgIpc) is 2.86. The van der Waals surface area contributed by atoms with Gasteiger partial charge in [-0.25, -0.2) is 14.4 Å². The molecule has 4 amide bonds. The van der Waals surface area contributed by atoms with Gasteiger partial charge in [0.2, 0.25) is 0 Å². The van der Waals surface area contributed by atoms with Crippen LogP contribution in [0.4, 0.5) is 21.0 Å². The minimum Gasteiger partial charge on any atom is -0.494 e. The molecule has 0 radical (unpaired) electrons. The van der Waals surface area contributed by atoms with Crippen LogP contribution in [0.15, 0.2) is 59.8 Å². The summed E-state index contributed by atoms with van der Waals surface area (Å²) in [5.74, 6) is 0.429. The lowest BCUT2D eigenvalue weighted by atomic mass is 9.94. The normalized spacial score (nSPS) is 15.4. The van der Waals surface area contributed by atoms with E-state index in [1.165, 1.54) is 0 Å². The SMILES string of the molecule is CCCN1C(=O)NC(c2cccc(NC(=O)Nc3ccc(OCC)cc3)c2)C(C(=O)OCC(C)C)=C1C. The molecule has 37 heavy (non-hydrogen) atoms. The first-order valence-electron chi connectivity index (χ1n) is 12.6. The van der Waals surface area contributed by atoms with Crippen molar-refractivity contribution >= 4 is 29.4 Å². The van der Waals surface area contributed by atoms with Gasteiger partial charge in [-0.15, -0.1) is 0 Å². The Hall–Kier alpha value is -4.01. The predicted molar refractivity (Wildman–Crippen MR) is 143 cm³/mol. The minimum atomic E-state index is -0.712. The minimum absolute atomic E-state index is 0.176. The summed E-state index contributed by atoms with van der Waals surface area (Å²) in [4.78, 5) is 40.2. The van der Waals surface area contributed by atoms with Gasteiger partial charge in [0.1, 0.15) is 5.75 Å². The van der Waals surface area contributed by atoms with E-state index < -0.39 is 18.0 Å². The Kier molecular flexibility index (Phi) is 9.54. The zero-order valence-corrected chi connectivity index (χ0v) is 22.1. The maximum atomic E-state index is 13.1. The third kappa shape index (κ3) is 7.25. The molecular formula is C28H36N4O5. The molecule has 0 aliphatic carbocycles. The Morgan fingerprint density at radius 1 is 1.05 bits per heavy atom. The average molecular weight is 509 g/mol. The molecule has 1 atom stereocenters. The number of nitrogens with zero attached hydrogens (tertiary/aromatic N) is 1. The number of benzene rings is 2. The molecule has 0 fully saturated rings. The van der Waals surface area contributed by atoms with E-state index in [1.807, 2.05) is 27.7 Å². The number of carbonyl (C=O) groups is 3. The van der Waals surface area contributed by atoms with Crippen molar-refractivity contribution in [1.29, 1.82) is 0 Å². The third-order valence-electron chi connectivity index (χ3n) is 5.71. The molecule has 0 aromatic heterocycles. The molecule has 1 aliphatic rings. The van der Waals surface area contributed by atoms with Crippen LogP contribution in [-0.4, -0.2) is 42.7 Å². The summed E-state index contributed by atoms with van der Waals surface area (Å²) in [6.07, 6.45) is 0.743. The summed E-state index contributed by atoms with van der Waals surface area (Å²) < 4.78 is 11.0. The second kappa shape index (κ2) is 12.8. The number of nitrogens with one attached hydrogen (secondary N) is 3. The van der Waals surface area contributed by atoms with Gasteiger partial charge >= 0.3 is 18.0 Å². The van der Waals surface area contributed by atoms with Crippen molar-refractivity contribution in [3.63, 3.8) is 0 Å². The van der Waals surface area contributed by atoms with Crippen LogP contribution < -0.4 is 20.7 Å². The summed E-state index contributed by atoms with van der Waals surface area (Å²) in [5, 5.41) is 8.53. The number of urea groups is 2. The summed E-state index contributed by atoms with van der Waals surface area (Å²) in [7, 11) is 0. The van der Waals surface area contributed by atoms with E-state index in [1.54, 1.807) is 60.4 Å². The Labute approximate surface area is 218 Å². The molecule has 3 rings (SSSR count). The smallest absolute Gasteiger partial charge is 0.338 e. The second-order valence-electron chi connectivity index (χ2n) is 9.19. The van der Waals surface area contributed by atoms with Gasteiger partial charge in [0.05, 0.1) is 24.8 Å². The van der Waals surface area contributed by atoms with Crippen LogP contribution in [-0.2, 0) is 9.53 Å². The van der Waals surface area contributed by atoms with Crippen molar-refractivity contribution in [1.82, 2.24) is 10.2 Å². The number of anilines is 2. The fourth-order valence-corrected chi connectivity index (χ4v) is 4.00. The molecule has 0 saturated heterocycles. The van der Waals surface area contributed by atoms with Crippen molar-refractivity contribution in [2.24, 2.45) is 5.92 Å². The zero-order valence-electron chi connectivity index (χ0n) is 22.1. The number of amides is 4. The van der Waals surface area contributed by atoms with Crippen molar-refractivity contribution in [2.75, 3.05) is 30.4 Å². The highest BCUT2D eigenvalue weighted by molar-refractivity contribution is 6.00. The lowest BCUT2D eigenvalue weighted by Gasteiger charge is -2.35. The first-order chi connectivity index (χ1) is 17.7. The van der Waals surface area contributed by atoms with Crippen LogP contribution in [0.2, 0.25) is 0 Å². The number of hydrogen-bond donors (Lipinski definition) is 3. The molecule has 198 valence electrons. The maximum Gasteiger partial charge on any atom is 0.338 e. The molecule has 9 nitrogen and oxygen atoms in total. The quantitative estimate of drug-likeness (QED) is 0.358. The van der Waals surface area contributed by atoms with Crippen LogP contribution in [0.1, 0.15) is 52.6 Å². The lowest BCUT2D eigenvalue weighted by Crippen LogP contribution is -2.48. The number of carbonyl (C=O) groups excluding carboxylic acids is 3. The fourth-order valence-electron chi connectivity index (χ4n) is 4.00. The van der Waals surface area contributed by atoms with Crippen LogP contribution in [0.3, 0.4) is 0 Å². The summed E-state index contributed by atoms with van der Waals surface area (Å²) in [6.45, 7) is 10.9. The number of hydrogen-bond acceptors (Lipinski definition) is 5. The van der Waals surface area contributed by atoms with E-state index in [4.69, 9.17) is 9.47 Å². The number of rotatable bonds is 10. The molecule has 1 unspecified atom stereocenters. The van der Waals surface area contributed by atoms with E-state index in [2.05, 4.69) is 16.0 Å². The standard InChI is InChI=1S/C28H36N4O5/c1-6-15-32-19(5)24(26(33)37-17-18(3)4)25(31-28(32)35)20-9-8-10-22(16-20)30-27(34)29-21-11-13-23(14-12-21)36-7-2/h8-14,16,18,25H,6-7,15,17H2,1-5H3,(H,31,35)(H2,29,30,34). The first-order valence-corrected chi connectivity index (χ1v) is 12.6. The Morgan fingerprint density at radius 3 is 2.41 bits per heavy atom. The second-order valence-corrected chi connectivity index (χ2v) is 9.19. The molecule has 2 aromatic carbocycles. The molecule has 9 heteroatoms. The Morgan fingerprint density at radius 2 is 1.76 bits per heavy atom. The van der Waals surface area contributed by atoms with E-state index in [0.29, 0.717) is 41.4 Å². The van der Waals surface area contributed by atoms with Gasteiger partial charge in [0, 0.05) is 23.6 Å². The van der Waals surface area contributed by atoms with Crippen molar-refractivity contribution in [3.05, 3.63) is 65.4 Å². The van der Waals surface area contributed by atoms with Gasteiger partial charge in [-0.3, -0.25) is 4.90 Å². The predicted octanol–water partition coefficient (Wildman–Crippen LogP) is 5.68. The highest BCUT2D eigenvalue weighted by Gasteiger charge is 2.36. The highest BCUT2D eigenvalue weighted by atomic mass is 16.5. The lowest BCUT2D eigenvalue weighted by molar-refractivity contribution is -0.140. The molecular weight excluding hydrogens is 472 g/mol. The van der Waals surface area contributed by atoms with Crippen molar-refractivity contribution in [3.8, 4) is 5.75 Å². The molecule has 2 aromatic rings. The van der Waals surface area contributed by atoms with Gasteiger partial charge in [-0.05, 0) is 68.1 Å². The highest BCUT2D eigenvalue weighted by Crippen LogP contribution is 2.32. The van der Waals surface area contributed by atoms with Crippen molar-refractivity contribution < 1.29 is 23.9 Å². The van der Waals surface area contributed by atoms with Crippen molar-refractivity contribution in [2.45, 2.75) is 47.1 Å². The van der Waals surface area contributed by atoms with E-state index in [0.717, 1.165) is 12.2 Å². The van der Waals surface area contributed by atoms with Crippen LogP contribution >= 0.6 is 0 Å². The summed E-state index contributed by atoms with van der Waals surface area (Å²) in [6, 6.07) is 12.7. The molecule has 1 heterocycles. The van der Waals surface area contributed by atoms with Gasteiger partial charge in [0.25, 0.3) is 0 Å². The Balaban J connectivity index is 1.81. The van der Waals surface area contributed by atoms with Crippen LogP contribution in [0.5, 0.6) is 5.75 Å². The van der Waals surface area contributed by atoms with Gasteiger partial charge in [0.15, 0.2) is 0 Å². The van der Waals surface area contributed by atoms with E-state index >= 15 is 0 Å². The number of esters is 1. The van der Waals surface area contributed by atoms with Gasteiger partial charge in [-0.2, -0.15) is 0 Å². The maximum absolute atomic E-state index is 13.1. The Bertz CT molecular complexity index is 1140. The van der Waals surface area contributed by atoms with Gasteiger partial charge < -0.3 is 25.4 Å². The summed E-state index contributed by atoms with van der Waals surface area (Å²) >= 11 is 0. The first kappa shape index (κ1) is 27.6. The van der Waals surface area contributed by atoms with Crippen LogP contribution in [0.25, 0.3) is 0 Å². The van der Waals surface area contributed by atoms with Crippen LogP contribution in [0, 0.1) is 5.92 Å². The molecule has 1 aliphatic heterocycles. The number of ether oxygens (including phenoxy) is 2. The monoisotopic (exact) mass is 508 g/mol. The van der Waals surface area contributed by atoms with E-state index in [-0.39, 0.29) is 18.6 Å². The largest absolute Gasteiger partial charge is 0.494 e. The molecule has 0 saturated carbocycles. The third-order valence-corrected chi connectivity index (χ3v) is 5.71. The number of allylic oxidation sites excluding steroid dienone is 1. The topological polar surface area (TPSA) is 109 Å². The molecule has 0 bridgehead atoms. The summed E-state index contributed by atoms with van der Waals surface area (Å²) in [5.41, 5.74) is 2.72. The van der Waals surface area contributed by atoms with Gasteiger partial charge in [-0.1, -0.05) is 32.9 Å². The molecule has 3 N–H and O–H groups in total. The van der Waals surface area contributed by atoms with E-state index in [9.17, 15) is 14.4 Å². The molecule has 0 spiro atoms.